The van der Waals surface area contributed by atoms with E-state index in [2.05, 4.69) is 0 Å². The average Bonchev–Trinajstić information content (AvgIpc) is 2.40. The van der Waals surface area contributed by atoms with E-state index in [-0.39, 0.29) is 23.3 Å². The van der Waals surface area contributed by atoms with Gasteiger partial charge in [-0.2, -0.15) is 0 Å². The number of benzene rings is 2. The molecule has 0 aliphatic carbocycles. The molecule has 0 heterocycles. The van der Waals surface area contributed by atoms with Gasteiger partial charge in [0.1, 0.15) is 17.2 Å². The third-order valence-electron chi connectivity index (χ3n) is 2.56. The van der Waals surface area contributed by atoms with Crippen LogP contribution < -0.4 is 9.47 Å². The lowest BCUT2D eigenvalue weighted by molar-refractivity contribution is -0.386. The van der Waals surface area contributed by atoms with Crippen LogP contribution in [0.3, 0.4) is 0 Å². The lowest BCUT2D eigenvalue weighted by atomic mass is 10.2. The zero-order valence-corrected chi connectivity index (χ0v) is 11.6. The molecule has 0 aromatic heterocycles. The normalized spacial score (nSPS) is 10.4. The van der Waals surface area contributed by atoms with Crippen LogP contribution in [-0.4, -0.2) is 16.1 Å². The van der Waals surface area contributed by atoms with E-state index >= 15 is 0 Å². The fourth-order valence-corrected chi connectivity index (χ4v) is 1.71. The van der Waals surface area contributed by atoms with Gasteiger partial charge in [0.2, 0.25) is 5.75 Å². The van der Waals surface area contributed by atoms with E-state index in [1.54, 1.807) is 26.0 Å². The maximum atomic E-state index is 11.0. The highest BCUT2D eigenvalue weighted by Crippen LogP contribution is 2.34. The van der Waals surface area contributed by atoms with E-state index in [9.17, 15) is 15.2 Å². The molecule has 110 valence electrons. The second-order valence-corrected chi connectivity index (χ2v) is 4.65. The maximum absolute atomic E-state index is 11.0. The number of aromatic hydroxyl groups is 1. The van der Waals surface area contributed by atoms with Crippen LogP contribution in [-0.2, 0) is 0 Å². The Kier molecular flexibility index (Phi) is 4.27. The summed E-state index contributed by atoms with van der Waals surface area (Å²) in [6.07, 6.45) is -0.187. The maximum Gasteiger partial charge on any atom is 0.311 e. The fraction of sp³-hybridized carbons (Fsp3) is 0.200. The first-order valence-electron chi connectivity index (χ1n) is 6.37. The van der Waals surface area contributed by atoms with Crippen molar-refractivity contribution in [1.29, 1.82) is 0 Å². The minimum Gasteiger partial charge on any atom is -0.508 e. The summed E-state index contributed by atoms with van der Waals surface area (Å²) >= 11 is 0. The SMILES string of the molecule is CC(C)Oc1cc(Oc2ccc(O)cc2)ccc1[N+](=O)[O-]. The van der Waals surface area contributed by atoms with Gasteiger partial charge in [-0.15, -0.1) is 0 Å². The molecule has 0 aliphatic rings. The fourth-order valence-electron chi connectivity index (χ4n) is 1.71. The van der Waals surface area contributed by atoms with Crippen LogP contribution in [0.2, 0.25) is 0 Å². The van der Waals surface area contributed by atoms with Crippen LogP contribution in [0.25, 0.3) is 0 Å². The standard InChI is InChI=1S/C15H15NO5/c1-10(2)20-15-9-13(7-8-14(15)16(18)19)21-12-5-3-11(17)4-6-12/h3-10,17H,1-2H3. The van der Waals surface area contributed by atoms with E-state index in [4.69, 9.17) is 9.47 Å². The van der Waals surface area contributed by atoms with Crippen LogP contribution in [0.4, 0.5) is 5.69 Å². The smallest absolute Gasteiger partial charge is 0.311 e. The van der Waals surface area contributed by atoms with Gasteiger partial charge < -0.3 is 14.6 Å². The highest BCUT2D eigenvalue weighted by Gasteiger charge is 2.17. The summed E-state index contributed by atoms with van der Waals surface area (Å²) in [6.45, 7) is 3.58. The van der Waals surface area contributed by atoms with Crippen molar-refractivity contribution in [1.82, 2.24) is 0 Å². The van der Waals surface area contributed by atoms with Crippen LogP contribution >= 0.6 is 0 Å². The third kappa shape index (κ3) is 3.85. The number of hydrogen-bond acceptors (Lipinski definition) is 5. The molecule has 2 aromatic rings. The van der Waals surface area contributed by atoms with Crippen molar-refractivity contribution >= 4 is 5.69 Å². The molecule has 0 radical (unpaired) electrons. The first-order chi connectivity index (χ1) is 9.95. The average molecular weight is 289 g/mol. The number of nitro groups is 1. The predicted molar refractivity (Wildman–Crippen MR) is 77.0 cm³/mol. The molecule has 0 saturated carbocycles. The van der Waals surface area contributed by atoms with Crippen LogP contribution in [0.5, 0.6) is 23.0 Å². The van der Waals surface area contributed by atoms with Gasteiger partial charge in [0, 0.05) is 12.1 Å². The summed E-state index contributed by atoms with van der Waals surface area (Å²) in [4.78, 5) is 10.5. The first kappa shape index (κ1) is 14.6. The number of rotatable bonds is 5. The van der Waals surface area contributed by atoms with Gasteiger partial charge in [-0.1, -0.05) is 0 Å². The monoisotopic (exact) mass is 289 g/mol. The molecule has 0 saturated heterocycles. The van der Waals surface area contributed by atoms with Crippen molar-refractivity contribution in [3.8, 4) is 23.0 Å². The molecule has 0 bridgehead atoms. The van der Waals surface area contributed by atoms with Crippen molar-refractivity contribution in [3.05, 3.63) is 52.6 Å². The summed E-state index contributed by atoms with van der Waals surface area (Å²) in [7, 11) is 0. The summed E-state index contributed by atoms with van der Waals surface area (Å²) in [5.74, 6) is 1.22. The molecule has 0 fully saturated rings. The number of hydrogen-bond donors (Lipinski definition) is 1. The number of phenolic OH excluding ortho intramolecular Hbond substituents is 1. The Labute approximate surface area is 121 Å². The first-order valence-corrected chi connectivity index (χ1v) is 6.37. The second kappa shape index (κ2) is 6.13. The predicted octanol–water partition coefficient (Wildman–Crippen LogP) is 3.88. The minimum atomic E-state index is -0.498. The third-order valence-corrected chi connectivity index (χ3v) is 2.56. The van der Waals surface area contributed by atoms with E-state index in [1.165, 1.54) is 30.3 Å². The Balaban J connectivity index is 2.28. The van der Waals surface area contributed by atoms with Crippen LogP contribution in [0.15, 0.2) is 42.5 Å². The lowest BCUT2D eigenvalue weighted by Crippen LogP contribution is -2.07. The van der Waals surface area contributed by atoms with Crippen molar-refractivity contribution in [3.63, 3.8) is 0 Å². The van der Waals surface area contributed by atoms with Gasteiger partial charge in [0.15, 0.2) is 0 Å². The van der Waals surface area contributed by atoms with Gasteiger partial charge in [-0.25, -0.2) is 0 Å². The summed E-state index contributed by atoms with van der Waals surface area (Å²) in [6, 6.07) is 10.5. The summed E-state index contributed by atoms with van der Waals surface area (Å²) in [5, 5.41) is 20.2. The van der Waals surface area contributed by atoms with E-state index in [0.717, 1.165) is 0 Å². The van der Waals surface area contributed by atoms with E-state index in [0.29, 0.717) is 11.5 Å². The van der Waals surface area contributed by atoms with Gasteiger partial charge >= 0.3 is 5.69 Å². The molecule has 2 rings (SSSR count). The largest absolute Gasteiger partial charge is 0.508 e. The summed E-state index contributed by atoms with van der Waals surface area (Å²) in [5.41, 5.74) is -0.109. The summed E-state index contributed by atoms with van der Waals surface area (Å²) < 4.78 is 11.0. The van der Waals surface area contributed by atoms with E-state index < -0.39 is 4.92 Å². The number of phenols is 1. The minimum absolute atomic E-state index is 0.109. The molecule has 2 aromatic carbocycles. The Bertz CT molecular complexity index is 637. The van der Waals surface area contributed by atoms with Crippen molar-refractivity contribution in [2.75, 3.05) is 0 Å². The molecule has 0 atom stereocenters. The van der Waals surface area contributed by atoms with Crippen LogP contribution in [0, 0.1) is 10.1 Å². The molecule has 0 unspecified atom stereocenters. The molecule has 6 nitrogen and oxygen atoms in total. The Hall–Kier alpha value is -2.76. The quantitative estimate of drug-likeness (QED) is 0.667. The van der Waals surface area contributed by atoms with Gasteiger partial charge in [-0.05, 0) is 44.2 Å². The zero-order chi connectivity index (χ0) is 15.4. The zero-order valence-electron chi connectivity index (χ0n) is 11.6. The Morgan fingerprint density at radius 2 is 1.71 bits per heavy atom. The highest BCUT2D eigenvalue weighted by molar-refractivity contribution is 5.51. The highest BCUT2D eigenvalue weighted by atomic mass is 16.6. The topological polar surface area (TPSA) is 81.8 Å². The molecule has 0 amide bonds. The number of nitro benzene ring substituents is 1. The molecular formula is C15H15NO5. The molecule has 0 spiro atoms. The number of ether oxygens (including phenoxy) is 2. The molecule has 0 aliphatic heterocycles. The van der Waals surface area contributed by atoms with Gasteiger partial charge in [0.05, 0.1) is 11.0 Å². The van der Waals surface area contributed by atoms with Crippen LogP contribution in [0.1, 0.15) is 13.8 Å². The number of nitrogens with zero attached hydrogens (tertiary/aromatic N) is 1. The van der Waals surface area contributed by atoms with Gasteiger partial charge in [0.25, 0.3) is 0 Å². The van der Waals surface area contributed by atoms with E-state index in [1.807, 2.05) is 0 Å². The van der Waals surface area contributed by atoms with Gasteiger partial charge in [-0.3, -0.25) is 10.1 Å². The molecule has 21 heavy (non-hydrogen) atoms. The van der Waals surface area contributed by atoms with Crippen molar-refractivity contribution in [2.45, 2.75) is 20.0 Å². The second-order valence-electron chi connectivity index (χ2n) is 4.65. The van der Waals surface area contributed by atoms with Crippen molar-refractivity contribution < 1.29 is 19.5 Å². The van der Waals surface area contributed by atoms with Crippen molar-refractivity contribution in [2.24, 2.45) is 0 Å². The Morgan fingerprint density at radius 3 is 2.29 bits per heavy atom. The molecule has 6 heteroatoms. The lowest BCUT2D eigenvalue weighted by Gasteiger charge is -2.12. The molecule has 1 N–H and O–H groups in total. The molecular weight excluding hydrogens is 274 g/mol. The Morgan fingerprint density at radius 1 is 1.10 bits per heavy atom.